The van der Waals surface area contributed by atoms with Gasteiger partial charge in [0.2, 0.25) is 0 Å². The summed E-state index contributed by atoms with van der Waals surface area (Å²) in [7, 11) is 0. The fourth-order valence-corrected chi connectivity index (χ4v) is 2.89. The maximum absolute atomic E-state index is 13.5. The van der Waals surface area contributed by atoms with Crippen molar-refractivity contribution in [2.24, 2.45) is 0 Å². The molecule has 0 fully saturated rings. The van der Waals surface area contributed by atoms with Crippen LogP contribution >= 0.6 is 0 Å². The molecule has 1 aliphatic heterocycles. The number of ether oxygens (including phenoxy) is 2. The molecule has 1 aliphatic carbocycles. The Bertz CT molecular complexity index is 746. The zero-order chi connectivity index (χ0) is 18.2. The van der Waals surface area contributed by atoms with Crippen LogP contribution in [-0.2, 0) is 9.53 Å². The van der Waals surface area contributed by atoms with Crippen molar-refractivity contribution in [3.05, 3.63) is 45.7 Å². The Balaban J connectivity index is 2.06. The van der Waals surface area contributed by atoms with Crippen molar-refractivity contribution in [2.75, 3.05) is 13.3 Å². The molecule has 1 aromatic rings. The zero-order valence-electron chi connectivity index (χ0n) is 13.0. The van der Waals surface area contributed by atoms with Crippen LogP contribution in [0.15, 0.2) is 30.0 Å². The molecule has 0 saturated carbocycles. The number of benzene rings is 1. The molecule has 1 heterocycles. The van der Waals surface area contributed by atoms with Crippen molar-refractivity contribution in [1.29, 1.82) is 0 Å². The Morgan fingerprint density at radius 3 is 2.64 bits per heavy atom. The lowest BCUT2D eigenvalue weighted by atomic mass is 9.87. The van der Waals surface area contributed by atoms with Gasteiger partial charge < -0.3 is 14.6 Å². The molecule has 1 aromatic carbocycles. The number of aliphatic hydroxyl groups excluding tert-OH is 1. The lowest BCUT2D eigenvalue weighted by Gasteiger charge is -2.42. The largest absolute Gasteiger partial charge is 0.487 e. The number of alkyl halides is 2. The standard InChI is InChI=1S/C16H15F2NO6/c17-7-16(8-18)15(21)14(24-11-3-2-10(20)6-11)12-5-9(19(22)23)1-4-13(12)25-16/h1,4-6,14-15,21H,2-3,7-8H2. The lowest BCUT2D eigenvalue weighted by molar-refractivity contribution is -0.385. The molecule has 0 aromatic heterocycles. The van der Waals surface area contributed by atoms with E-state index in [-0.39, 0.29) is 41.4 Å². The van der Waals surface area contributed by atoms with Crippen LogP contribution in [0.2, 0.25) is 0 Å². The van der Waals surface area contributed by atoms with E-state index >= 15 is 0 Å². The summed E-state index contributed by atoms with van der Waals surface area (Å²) in [5, 5.41) is 21.5. The van der Waals surface area contributed by atoms with Crippen LogP contribution < -0.4 is 4.74 Å². The molecule has 9 heteroatoms. The van der Waals surface area contributed by atoms with Gasteiger partial charge in [0, 0.05) is 36.6 Å². The number of nitro groups is 1. The first kappa shape index (κ1) is 17.3. The van der Waals surface area contributed by atoms with Gasteiger partial charge in [-0.3, -0.25) is 14.9 Å². The van der Waals surface area contributed by atoms with Gasteiger partial charge in [-0.15, -0.1) is 0 Å². The van der Waals surface area contributed by atoms with Crippen molar-refractivity contribution in [3.8, 4) is 5.75 Å². The minimum absolute atomic E-state index is 0.0128. The number of fused-ring (bicyclic) bond motifs is 1. The highest BCUT2D eigenvalue weighted by molar-refractivity contribution is 5.92. The van der Waals surface area contributed by atoms with Crippen LogP contribution in [0.5, 0.6) is 5.75 Å². The second kappa shape index (κ2) is 6.40. The fourth-order valence-electron chi connectivity index (χ4n) is 2.89. The molecule has 2 aliphatic rings. The maximum atomic E-state index is 13.5. The van der Waals surface area contributed by atoms with Crippen LogP contribution in [0.4, 0.5) is 14.5 Å². The summed E-state index contributed by atoms with van der Waals surface area (Å²) in [5.74, 6) is 0.0687. The molecule has 0 amide bonds. The Morgan fingerprint density at radius 1 is 1.36 bits per heavy atom. The van der Waals surface area contributed by atoms with E-state index in [1.807, 2.05) is 0 Å². The van der Waals surface area contributed by atoms with E-state index in [1.165, 1.54) is 12.1 Å². The number of ketones is 1. The summed E-state index contributed by atoms with van der Waals surface area (Å²) < 4.78 is 37.9. The Morgan fingerprint density at radius 2 is 2.08 bits per heavy atom. The number of nitrogens with zero attached hydrogens (tertiary/aromatic N) is 1. The number of non-ortho nitro benzene ring substituents is 1. The molecule has 25 heavy (non-hydrogen) atoms. The van der Waals surface area contributed by atoms with E-state index in [2.05, 4.69) is 0 Å². The molecule has 0 saturated heterocycles. The number of nitro benzene ring substituents is 1. The molecule has 0 spiro atoms. The first-order chi connectivity index (χ1) is 11.9. The fraction of sp³-hybridized carbons (Fsp3) is 0.438. The van der Waals surface area contributed by atoms with Gasteiger partial charge >= 0.3 is 0 Å². The van der Waals surface area contributed by atoms with Crippen LogP contribution in [0.1, 0.15) is 24.5 Å². The number of halogens is 2. The average Bonchev–Trinajstić information content (AvgIpc) is 3.01. The number of carbonyl (C=O) groups excluding carboxylic acids is 1. The molecule has 2 atom stereocenters. The number of allylic oxidation sites excluding steroid dienone is 2. The number of hydrogen-bond acceptors (Lipinski definition) is 6. The van der Waals surface area contributed by atoms with Crippen molar-refractivity contribution in [3.63, 3.8) is 0 Å². The van der Waals surface area contributed by atoms with Gasteiger partial charge in [-0.1, -0.05) is 0 Å². The molecule has 2 unspecified atom stereocenters. The highest BCUT2D eigenvalue weighted by Gasteiger charge is 2.52. The van der Waals surface area contributed by atoms with Crippen molar-refractivity contribution >= 4 is 11.5 Å². The maximum Gasteiger partial charge on any atom is 0.270 e. The van der Waals surface area contributed by atoms with Gasteiger partial charge in [-0.25, -0.2) is 8.78 Å². The van der Waals surface area contributed by atoms with Crippen LogP contribution in [0.25, 0.3) is 0 Å². The molecular weight excluding hydrogens is 340 g/mol. The summed E-state index contributed by atoms with van der Waals surface area (Å²) >= 11 is 0. The van der Waals surface area contributed by atoms with E-state index in [4.69, 9.17) is 9.47 Å². The summed E-state index contributed by atoms with van der Waals surface area (Å²) in [4.78, 5) is 21.7. The molecular formula is C16H15F2NO6. The quantitative estimate of drug-likeness (QED) is 0.643. The highest BCUT2D eigenvalue weighted by Crippen LogP contribution is 2.45. The number of carbonyl (C=O) groups is 1. The zero-order valence-corrected chi connectivity index (χ0v) is 13.0. The molecule has 0 radical (unpaired) electrons. The molecule has 0 bridgehead atoms. The van der Waals surface area contributed by atoms with Gasteiger partial charge in [-0.2, -0.15) is 0 Å². The number of hydrogen-bond donors (Lipinski definition) is 1. The Labute approximate surface area is 141 Å². The molecule has 1 N–H and O–H groups in total. The highest BCUT2D eigenvalue weighted by atomic mass is 19.1. The third kappa shape index (κ3) is 2.95. The monoisotopic (exact) mass is 355 g/mol. The van der Waals surface area contributed by atoms with Crippen molar-refractivity contribution < 1.29 is 33.1 Å². The molecule has 134 valence electrons. The minimum atomic E-state index is -2.17. The van der Waals surface area contributed by atoms with E-state index < -0.39 is 36.1 Å². The second-order valence-corrected chi connectivity index (χ2v) is 5.97. The SMILES string of the molecule is O=C1C=C(OC2c3cc([N+](=O)[O-])ccc3OC(CF)(CF)C2O)CC1. The first-order valence-corrected chi connectivity index (χ1v) is 7.57. The third-order valence-corrected chi connectivity index (χ3v) is 4.32. The van der Waals surface area contributed by atoms with Crippen molar-refractivity contribution in [2.45, 2.75) is 30.7 Å². The van der Waals surface area contributed by atoms with E-state index in [0.717, 1.165) is 12.1 Å². The third-order valence-electron chi connectivity index (χ3n) is 4.32. The Hall–Kier alpha value is -2.55. The first-order valence-electron chi connectivity index (χ1n) is 7.57. The van der Waals surface area contributed by atoms with Gasteiger partial charge in [0.1, 0.15) is 31.0 Å². The van der Waals surface area contributed by atoms with E-state index in [9.17, 15) is 28.8 Å². The average molecular weight is 355 g/mol. The summed E-state index contributed by atoms with van der Waals surface area (Å²) in [6, 6.07) is 3.47. The van der Waals surface area contributed by atoms with Gasteiger partial charge in [0.25, 0.3) is 5.69 Å². The summed E-state index contributed by atoms with van der Waals surface area (Å²) in [6.07, 6.45) is -1.30. The summed E-state index contributed by atoms with van der Waals surface area (Å²) in [6.45, 7) is -2.64. The normalized spacial score (nSPS) is 24.3. The van der Waals surface area contributed by atoms with Gasteiger partial charge in [-0.05, 0) is 6.07 Å². The predicted octanol–water partition coefficient (Wildman–Crippen LogP) is 2.33. The lowest BCUT2D eigenvalue weighted by Crippen LogP contribution is -2.57. The second-order valence-electron chi connectivity index (χ2n) is 5.97. The van der Waals surface area contributed by atoms with Crippen LogP contribution in [0.3, 0.4) is 0 Å². The van der Waals surface area contributed by atoms with Gasteiger partial charge in [0.05, 0.1) is 4.92 Å². The smallest absolute Gasteiger partial charge is 0.270 e. The predicted molar refractivity (Wildman–Crippen MR) is 80.6 cm³/mol. The van der Waals surface area contributed by atoms with Gasteiger partial charge in [0.15, 0.2) is 17.5 Å². The van der Waals surface area contributed by atoms with Crippen LogP contribution in [-0.4, -0.2) is 40.9 Å². The van der Waals surface area contributed by atoms with Crippen LogP contribution in [0, 0.1) is 10.1 Å². The minimum Gasteiger partial charge on any atom is -0.487 e. The van der Waals surface area contributed by atoms with Crippen molar-refractivity contribution in [1.82, 2.24) is 0 Å². The van der Waals surface area contributed by atoms with E-state index in [1.54, 1.807) is 0 Å². The summed E-state index contributed by atoms with van der Waals surface area (Å²) in [5.41, 5.74) is -2.36. The topological polar surface area (TPSA) is 98.9 Å². The number of rotatable bonds is 5. The van der Waals surface area contributed by atoms with E-state index in [0.29, 0.717) is 0 Å². The number of aliphatic hydroxyl groups is 1. The molecule has 3 rings (SSSR count). The molecule has 7 nitrogen and oxygen atoms in total. The Kier molecular flexibility index (Phi) is 4.42.